The number of benzene rings is 2. The van der Waals surface area contributed by atoms with Gasteiger partial charge in [0.1, 0.15) is 0 Å². The van der Waals surface area contributed by atoms with E-state index in [1.165, 1.54) is 12.1 Å². The van der Waals surface area contributed by atoms with Crippen molar-refractivity contribution in [2.75, 3.05) is 5.32 Å². The number of aromatic nitrogens is 2. The van der Waals surface area contributed by atoms with E-state index >= 15 is 0 Å². The van der Waals surface area contributed by atoms with Gasteiger partial charge in [-0.1, -0.05) is 20.8 Å². The Morgan fingerprint density at radius 3 is 2.49 bits per heavy atom. The van der Waals surface area contributed by atoms with Crippen molar-refractivity contribution in [3.63, 3.8) is 0 Å². The normalized spacial score (nSPS) is 20.2. The first-order chi connectivity index (χ1) is 16.3. The molecule has 1 aliphatic rings. The van der Waals surface area contributed by atoms with Crippen LogP contribution in [0, 0.1) is 18.3 Å². The Kier molecular flexibility index (Phi) is 6.60. The van der Waals surface area contributed by atoms with Crippen LogP contribution in [0.5, 0.6) is 0 Å². The molecule has 188 valence electrons. The lowest BCUT2D eigenvalue weighted by atomic mass is 9.70. The third-order valence-corrected chi connectivity index (χ3v) is 6.95. The zero-order valence-electron chi connectivity index (χ0n) is 20.5. The Hall–Kier alpha value is -3.03. The number of carboxylic acids is 1. The van der Waals surface area contributed by atoms with Crippen LogP contribution in [0.1, 0.15) is 69.2 Å². The quantitative estimate of drug-likeness (QED) is 0.378. The van der Waals surface area contributed by atoms with Crippen molar-refractivity contribution in [1.29, 1.82) is 0 Å². The first-order valence-corrected chi connectivity index (χ1v) is 12.0. The highest BCUT2D eigenvalue weighted by molar-refractivity contribution is 5.82. The van der Waals surface area contributed by atoms with Gasteiger partial charge in [-0.3, -0.25) is 4.79 Å². The average molecular weight is 488 g/mol. The molecule has 8 heteroatoms. The minimum Gasteiger partial charge on any atom is -0.481 e. The molecule has 35 heavy (non-hydrogen) atoms. The predicted molar refractivity (Wildman–Crippen MR) is 131 cm³/mol. The van der Waals surface area contributed by atoms with Gasteiger partial charge in [-0.15, -0.1) is 0 Å². The molecule has 2 aromatic carbocycles. The van der Waals surface area contributed by atoms with Gasteiger partial charge < -0.3 is 15.0 Å². The summed E-state index contributed by atoms with van der Waals surface area (Å²) in [6.45, 7) is 8.77. The van der Waals surface area contributed by atoms with Crippen LogP contribution in [0.2, 0.25) is 0 Å². The van der Waals surface area contributed by atoms with Crippen LogP contribution in [-0.2, 0) is 17.4 Å². The van der Waals surface area contributed by atoms with Crippen molar-refractivity contribution in [1.82, 2.24) is 9.55 Å². The number of fused-ring (bicyclic) bond motifs is 1. The summed E-state index contributed by atoms with van der Waals surface area (Å²) in [5.41, 5.74) is 3.62. The molecule has 5 nitrogen and oxygen atoms in total. The van der Waals surface area contributed by atoms with Gasteiger partial charge in [-0.25, -0.2) is 4.98 Å². The maximum Gasteiger partial charge on any atom is 0.416 e. The number of imidazole rings is 1. The molecule has 4 rings (SSSR count). The van der Waals surface area contributed by atoms with Crippen LogP contribution in [-0.4, -0.2) is 20.6 Å². The molecule has 1 heterocycles. The van der Waals surface area contributed by atoms with Crippen molar-refractivity contribution in [3.8, 4) is 0 Å². The van der Waals surface area contributed by atoms with Gasteiger partial charge in [0.25, 0.3) is 0 Å². The highest BCUT2D eigenvalue weighted by Gasteiger charge is 2.35. The second-order valence-corrected chi connectivity index (χ2v) is 10.7. The SMILES string of the molecule is Cc1cc2c(cc1CCC(=O)O)nc(Nc1ccc(C(F)(F)F)cc1)n2C1CC(C)CC(C)(C)C1. The fourth-order valence-electron chi connectivity index (χ4n) is 5.62. The summed E-state index contributed by atoms with van der Waals surface area (Å²) < 4.78 is 41.2. The molecule has 1 aromatic heterocycles. The summed E-state index contributed by atoms with van der Waals surface area (Å²) >= 11 is 0. The van der Waals surface area contributed by atoms with Crippen LogP contribution in [0.25, 0.3) is 11.0 Å². The molecule has 0 radical (unpaired) electrons. The summed E-state index contributed by atoms with van der Waals surface area (Å²) in [5, 5.41) is 12.4. The molecule has 0 spiro atoms. The molecule has 0 amide bonds. The summed E-state index contributed by atoms with van der Waals surface area (Å²) in [6.07, 6.45) is -0.854. The van der Waals surface area contributed by atoms with Crippen LogP contribution in [0.15, 0.2) is 36.4 Å². The van der Waals surface area contributed by atoms with Crippen LogP contribution >= 0.6 is 0 Å². The number of carbonyl (C=O) groups is 1. The third-order valence-electron chi connectivity index (χ3n) is 6.95. The zero-order chi connectivity index (χ0) is 25.5. The Morgan fingerprint density at radius 1 is 1.20 bits per heavy atom. The summed E-state index contributed by atoms with van der Waals surface area (Å²) in [4.78, 5) is 15.9. The number of nitrogens with one attached hydrogen (secondary N) is 1. The molecule has 0 aliphatic heterocycles. The van der Waals surface area contributed by atoms with Crippen molar-refractivity contribution in [3.05, 3.63) is 53.1 Å². The lowest BCUT2D eigenvalue weighted by molar-refractivity contribution is -0.138. The number of hydrogen-bond donors (Lipinski definition) is 2. The monoisotopic (exact) mass is 487 g/mol. The standard InChI is InChI=1S/C27H32F3N3O2/c1-16-11-21(15-26(3,4)14-16)33-23-12-17(2)18(5-10-24(34)35)13-22(23)32-25(33)31-20-8-6-19(7-9-20)27(28,29)30/h6-9,12-13,16,21H,5,10-11,14-15H2,1-4H3,(H,31,32)(H,34,35). The van der Waals surface area contributed by atoms with Gasteiger partial charge in [0.2, 0.25) is 5.95 Å². The zero-order valence-corrected chi connectivity index (χ0v) is 20.5. The van der Waals surface area contributed by atoms with Crippen LogP contribution in [0.3, 0.4) is 0 Å². The van der Waals surface area contributed by atoms with Gasteiger partial charge in [0.05, 0.1) is 16.6 Å². The number of hydrogen-bond acceptors (Lipinski definition) is 3. The fourth-order valence-corrected chi connectivity index (χ4v) is 5.62. The van der Waals surface area contributed by atoms with Gasteiger partial charge in [-0.2, -0.15) is 13.2 Å². The maximum atomic E-state index is 13.0. The van der Waals surface area contributed by atoms with E-state index in [2.05, 4.69) is 36.7 Å². The second kappa shape index (κ2) is 9.21. The number of nitrogens with zero attached hydrogens (tertiary/aromatic N) is 2. The van der Waals surface area contributed by atoms with Gasteiger partial charge in [0, 0.05) is 18.2 Å². The van der Waals surface area contributed by atoms with E-state index in [9.17, 15) is 18.0 Å². The minimum absolute atomic E-state index is 0.0397. The first kappa shape index (κ1) is 25.1. The maximum absolute atomic E-state index is 13.0. The van der Waals surface area contributed by atoms with E-state index in [0.29, 0.717) is 24.0 Å². The Balaban J connectivity index is 1.78. The number of rotatable bonds is 6. The highest BCUT2D eigenvalue weighted by atomic mass is 19.4. The van der Waals surface area contributed by atoms with E-state index in [1.54, 1.807) is 0 Å². The Labute approximate surface area is 203 Å². The fraction of sp³-hybridized carbons (Fsp3) is 0.481. The summed E-state index contributed by atoms with van der Waals surface area (Å²) in [6, 6.07) is 9.15. The van der Waals surface area contributed by atoms with E-state index in [1.807, 2.05) is 13.0 Å². The third kappa shape index (κ3) is 5.63. The number of anilines is 2. The molecule has 3 aromatic rings. The topological polar surface area (TPSA) is 67.2 Å². The molecule has 1 fully saturated rings. The Morgan fingerprint density at radius 2 is 1.89 bits per heavy atom. The lowest BCUT2D eigenvalue weighted by Crippen LogP contribution is -2.29. The predicted octanol–water partition coefficient (Wildman–Crippen LogP) is 7.51. The van der Waals surface area contributed by atoms with Crippen molar-refractivity contribution in [2.24, 2.45) is 11.3 Å². The van der Waals surface area contributed by atoms with Gasteiger partial charge in [-0.05, 0) is 91.5 Å². The molecular formula is C27H32F3N3O2. The number of aliphatic carboxylic acids is 1. The lowest BCUT2D eigenvalue weighted by Gasteiger charge is -2.40. The highest BCUT2D eigenvalue weighted by Crippen LogP contribution is 2.46. The number of alkyl halides is 3. The average Bonchev–Trinajstić information content (AvgIpc) is 3.06. The molecule has 2 N–H and O–H groups in total. The van der Waals surface area contributed by atoms with Crippen LogP contribution < -0.4 is 5.32 Å². The van der Waals surface area contributed by atoms with Crippen molar-refractivity contribution in [2.45, 2.75) is 72.0 Å². The molecule has 2 unspecified atom stereocenters. The molecule has 1 aliphatic carbocycles. The van der Waals surface area contributed by atoms with Gasteiger partial charge in [0.15, 0.2) is 0 Å². The first-order valence-electron chi connectivity index (χ1n) is 12.0. The number of aryl methyl sites for hydroxylation is 2. The smallest absolute Gasteiger partial charge is 0.416 e. The van der Waals surface area contributed by atoms with E-state index < -0.39 is 17.7 Å². The van der Waals surface area contributed by atoms with E-state index in [0.717, 1.165) is 53.6 Å². The van der Waals surface area contributed by atoms with Crippen LogP contribution in [0.4, 0.5) is 24.8 Å². The van der Waals surface area contributed by atoms with Crippen molar-refractivity contribution >= 4 is 28.6 Å². The molecule has 0 saturated heterocycles. The largest absolute Gasteiger partial charge is 0.481 e. The van der Waals surface area contributed by atoms with Gasteiger partial charge >= 0.3 is 12.1 Å². The molecule has 1 saturated carbocycles. The molecule has 2 atom stereocenters. The van der Waals surface area contributed by atoms with Crippen molar-refractivity contribution < 1.29 is 23.1 Å². The second-order valence-electron chi connectivity index (χ2n) is 10.7. The number of carboxylic acid groups (broad SMARTS) is 1. The Bertz CT molecular complexity index is 1230. The summed E-state index contributed by atoms with van der Waals surface area (Å²) in [5.74, 6) is 0.263. The summed E-state index contributed by atoms with van der Waals surface area (Å²) in [7, 11) is 0. The minimum atomic E-state index is -4.39. The number of halogens is 3. The van der Waals surface area contributed by atoms with E-state index in [-0.39, 0.29) is 17.9 Å². The molecule has 0 bridgehead atoms. The molecular weight excluding hydrogens is 455 g/mol. The van der Waals surface area contributed by atoms with E-state index in [4.69, 9.17) is 10.1 Å².